The molecule has 0 unspecified atom stereocenters. The maximum Gasteiger partial charge on any atom is 0.269 e. The van der Waals surface area contributed by atoms with Crippen LogP contribution in [-0.4, -0.2) is 64.0 Å². The molecule has 1 aromatic carbocycles. The molecule has 0 radical (unpaired) electrons. The fraction of sp³-hybridized carbons (Fsp3) is 0.529. The van der Waals surface area contributed by atoms with Crippen LogP contribution in [0.1, 0.15) is 20.8 Å². The highest BCUT2D eigenvalue weighted by Crippen LogP contribution is 2.22. The van der Waals surface area contributed by atoms with Gasteiger partial charge in [0.1, 0.15) is 0 Å². The minimum absolute atomic E-state index is 0.0566. The van der Waals surface area contributed by atoms with Crippen LogP contribution in [0.25, 0.3) is 0 Å². The van der Waals surface area contributed by atoms with Crippen molar-refractivity contribution in [2.45, 2.75) is 37.9 Å². The number of nitrogens with zero attached hydrogens (tertiary/aromatic N) is 5. The number of nitro benzene ring substituents is 1. The molecule has 3 rings (SSSR count). The number of piperazine rings is 1. The van der Waals surface area contributed by atoms with Crippen LogP contribution in [0.2, 0.25) is 0 Å². The van der Waals surface area contributed by atoms with Crippen molar-refractivity contribution >= 4 is 44.4 Å². The van der Waals surface area contributed by atoms with E-state index in [1.54, 1.807) is 4.68 Å². The molecule has 30 heavy (non-hydrogen) atoms. The smallest absolute Gasteiger partial charge is 0.269 e. The van der Waals surface area contributed by atoms with Crippen LogP contribution in [0.3, 0.4) is 0 Å². The van der Waals surface area contributed by atoms with Crippen molar-refractivity contribution in [2.24, 2.45) is 0 Å². The molecule has 1 aliphatic heterocycles. The number of non-ortho nitro benzene ring substituents is 1. The Kier molecular flexibility index (Phi) is 6.57. The van der Waals surface area contributed by atoms with Gasteiger partial charge in [0.05, 0.1) is 16.5 Å². The fourth-order valence-electron chi connectivity index (χ4n) is 2.96. The molecule has 1 aromatic heterocycles. The standard InChI is InChI=1S/C17H24N6O4S3/c1-17(2,3)18-15-19-22(16(28)29-15)12-20-8-10-21(11-9-20)30(26,27)14-6-4-13(5-7-14)23(24)25/h4-7H,8-12H2,1-3H3,(H,18,19). The van der Waals surface area contributed by atoms with E-state index in [4.69, 9.17) is 12.2 Å². The topological polar surface area (TPSA) is 114 Å². The number of sulfonamides is 1. The summed E-state index contributed by atoms with van der Waals surface area (Å²) in [6, 6.07) is 4.96. The Labute approximate surface area is 184 Å². The molecule has 2 aromatic rings. The number of hydrogen-bond acceptors (Lipinski definition) is 9. The van der Waals surface area contributed by atoms with Gasteiger partial charge in [-0.1, -0.05) is 11.3 Å². The summed E-state index contributed by atoms with van der Waals surface area (Å²) >= 11 is 6.81. The van der Waals surface area contributed by atoms with Gasteiger partial charge >= 0.3 is 0 Å². The first-order valence-electron chi connectivity index (χ1n) is 9.29. The molecule has 13 heteroatoms. The van der Waals surface area contributed by atoms with Crippen molar-refractivity contribution in [1.29, 1.82) is 0 Å². The molecule has 0 aliphatic carbocycles. The molecule has 2 heterocycles. The van der Waals surface area contributed by atoms with E-state index in [2.05, 4.69) is 15.3 Å². The van der Waals surface area contributed by atoms with Gasteiger partial charge in [-0.15, -0.1) is 5.10 Å². The zero-order valence-electron chi connectivity index (χ0n) is 16.9. The van der Waals surface area contributed by atoms with Crippen molar-refractivity contribution in [3.05, 3.63) is 38.3 Å². The lowest BCUT2D eigenvalue weighted by Gasteiger charge is -2.33. The molecule has 1 fully saturated rings. The molecule has 1 saturated heterocycles. The maximum atomic E-state index is 12.8. The summed E-state index contributed by atoms with van der Waals surface area (Å²) in [7, 11) is -3.69. The second-order valence-electron chi connectivity index (χ2n) is 7.96. The van der Waals surface area contributed by atoms with Crippen molar-refractivity contribution in [3.8, 4) is 0 Å². The summed E-state index contributed by atoms with van der Waals surface area (Å²) in [4.78, 5) is 12.4. The highest BCUT2D eigenvalue weighted by atomic mass is 32.2. The van der Waals surface area contributed by atoms with Crippen LogP contribution in [0.5, 0.6) is 0 Å². The number of benzene rings is 1. The molecular formula is C17H24N6O4S3. The van der Waals surface area contributed by atoms with Crippen molar-refractivity contribution in [1.82, 2.24) is 19.0 Å². The molecule has 0 saturated carbocycles. The van der Waals surface area contributed by atoms with Gasteiger partial charge in [0, 0.05) is 43.9 Å². The van der Waals surface area contributed by atoms with Gasteiger partial charge in [0.15, 0.2) is 3.95 Å². The number of hydrogen-bond donors (Lipinski definition) is 1. The first-order chi connectivity index (χ1) is 14.0. The third-order valence-corrected chi connectivity index (χ3v) is 7.57. The summed E-state index contributed by atoms with van der Waals surface area (Å²) in [5.41, 5.74) is -0.255. The first kappa shape index (κ1) is 22.7. The van der Waals surface area contributed by atoms with Crippen LogP contribution in [0.4, 0.5) is 10.8 Å². The van der Waals surface area contributed by atoms with E-state index in [0.717, 1.165) is 5.13 Å². The molecule has 164 valence electrons. The second kappa shape index (κ2) is 8.67. The Balaban J connectivity index is 1.62. The molecule has 1 aliphatic rings. The quantitative estimate of drug-likeness (QED) is 0.388. The summed E-state index contributed by atoms with van der Waals surface area (Å²) in [6.45, 7) is 8.35. The van der Waals surface area contributed by atoms with Crippen LogP contribution < -0.4 is 5.32 Å². The van der Waals surface area contributed by atoms with Gasteiger partial charge in [-0.2, -0.15) is 4.31 Å². The SMILES string of the molecule is CC(C)(C)Nc1nn(CN2CCN(S(=O)(=O)c3ccc([N+](=O)[O-])cc3)CC2)c(=S)s1. The van der Waals surface area contributed by atoms with Gasteiger partial charge in [-0.25, -0.2) is 13.1 Å². The molecule has 0 spiro atoms. The summed E-state index contributed by atoms with van der Waals surface area (Å²) in [6.07, 6.45) is 0. The fourth-order valence-corrected chi connectivity index (χ4v) is 5.58. The van der Waals surface area contributed by atoms with E-state index in [-0.39, 0.29) is 16.1 Å². The molecule has 0 atom stereocenters. The number of aromatic nitrogens is 2. The Morgan fingerprint density at radius 1 is 1.20 bits per heavy atom. The zero-order chi connectivity index (χ0) is 22.1. The maximum absolute atomic E-state index is 12.8. The lowest BCUT2D eigenvalue weighted by molar-refractivity contribution is -0.384. The van der Waals surface area contributed by atoms with Crippen LogP contribution in [0.15, 0.2) is 29.2 Å². The Morgan fingerprint density at radius 3 is 2.33 bits per heavy atom. The van der Waals surface area contributed by atoms with Crippen LogP contribution in [-0.2, 0) is 16.7 Å². The van der Waals surface area contributed by atoms with E-state index < -0.39 is 14.9 Å². The minimum atomic E-state index is -3.69. The van der Waals surface area contributed by atoms with E-state index >= 15 is 0 Å². The summed E-state index contributed by atoms with van der Waals surface area (Å²) < 4.78 is 29.4. The molecule has 10 nitrogen and oxygen atoms in total. The van der Waals surface area contributed by atoms with Gasteiger partial charge in [-0.3, -0.25) is 15.0 Å². The molecular weight excluding hydrogens is 448 g/mol. The average molecular weight is 473 g/mol. The van der Waals surface area contributed by atoms with Gasteiger partial charge in [-0.05, 0) is 45.1 Å². The van der Waals surface area contributed by atoms with Gasteiger partial charge in [0.25, 0.3) is 5.69 Å². The molecule has 0 amide bonds. The Morgan fingerprint density at radius 2 is 1.80 bits per heavy atom. The monoisotopic (exact) mass is 472 g/mol. The largest absolute Gasteiger partial charge is 0.356 e. The third kappa shape index (κ3) is 5.40. The normalized spacial score (nSPS) is 16.5. The van der Waals surface area contributed by atoms with Crippen LogP contribution in [0, 0.1) is 14.1 Å². The van der Waals surface area contributed by atoms with Crippen molar-refractivity contribution in [2.75, 3.05) is 31.5 Å². The average Bonchev–Trinajstić information content (AvgIpc) is 2.99. The van der Waals surface area contributed by atoms with Crippen molar-refractivity contribution in [3.63, 3.8) is 0 Å². The third-order valence-electron chi connectivity index (χ3n) is 4.44. The first-order valence-corrected chi connectivity index (χ1v) is 12.0. The molecule has 1 N–H and O–H groups in total. The number of anilines is 1. The summed E-state index contributed by atoms with van der Waals surface area (Å²) in [5, 5.41) is 19.3. The number of nitrogens with one attached hydrogen (secondary N) is 1. The van der Waals surface area contributed by atoms with E-state index in [9.17, 15) is 18.5 Å². The van der Waals surface area contributed by atoms with Gasteiger partial charge in [0.2, 0.25) is 15.2 Å². The Bertz CT molecular complexity index is 1060. The second-order valence-corrected chi connectivity index (χ2v) is 11.5. The number of nitro groups is 1. The minimum Gasteiger partial charge on any atom is -0.356 e. The predicted molar refractivity (Wildman–Crippen MR) is 118 cm³/mol. The van der Waals surface area contributed by atoms with E-state index in [1.165, 1.54) is 39.9 Å². The summed E-state index contributed by atoms with van der Waals surface area (Å²) in [5.74, 6) is 0. The number of rotatable bonds is 6. The van der Waals surface area contributed by atoms with Gasteiger partial charge < -0.3 is 5.32 Å². The highest BCUT2D eigenvalue weighted by Gasteiger charge is 2.29. The van der Waals surface area contributed by atoms with Crippen molar-refractivity contribution < 1.29 is 13.3 Å². The van der Waals surface area contributed by atoms with E-state index in [1.807, 2.05) is 20.8 Å². The Hall–Kier alpha value is -1.93. The lowest BCUT2D eigenvalue weighted by atomic mass is 10.1. The van der Waals surface area contributed by atoms with Crippen LogP contribution >= 0.6 is 23.6 Å². The highest BCUT2D eigenvalue weighted by molar-refractivity contribution is 7.89. The predicted octanol–water partition coefficient (Wildman–Crippen LogP) is 2.76. The lowest BCUT2D eigenvalue weighted by Crippen LogP contribution is -2.48. The van der Waals surface area contributed by atoms with E-state index in [0.29, 0.717) is 36.8 Å². The molecule has 0 bridgehead atoms. The zero-order valence-corrected chi connectivity index (χ0v) is 19.4.